The van der Waals surface area contributed by atoms with E-state index in [-0.39, 0.29) is 54.6 Å². The van der Waals surface area contributed by atoms with Gasteiger partial charge in [0.25, 0.3) is 5.91 Å². The van der Waals surface area contributed by atoms with Crippen LogP contribution in [0.15, 0.2) is 36.0 Å². The molecule has 0 aromatic carbocycles. The first-order chi connectivity index (χ1) is 26.6. The van der Waals surface area contributed by atoms with Crippen LogP contribution >= 0.6 is 0 Å². The fourth-order valence-corrected chi connectivity index (χ4v) is 9.45. The average Bonchev–Trinajstić information content (AvgIpc) is 3.18. The molecule has 1 unspecified atom stereocenters. The molecule has 316 valence electrons. The average molecular weight is 788 g/mol. The minimum absolute atomic E-state index is 0.00348. The van der Waals surface area contributed by atoms with Crippen molar-refractivity contribution in [2.24, 2.45) is 29.6 Å². The summed E-state index contributed by atoms with van der Waals surface area (Å²) in [6.45, 7) is 13.7. The summed E-state index contributed by atoms with van der Waals surface area (Å²) in [5.74, 6) is -3.25. The Kier molecular flexibility index (Phi) is 17.5. The maximum atomic E-state index is 14.3. The van der Waals surface area contributed by atoms with Gasteiger partial charge in [0.1, 0.15) is 24.4 Å². The molecule has 0 aromatic heterocycles. The first kappa shape index (κ1) is 46.0. The number of ketones is 2. The van der Waals surface area contributed by atoms with Gasteiger partial charge in [0, 0.05) is 40.2 Å². The second-order valence-electron chi connectivity index (χ2n) is 17.1. The lowest BCUT2D eigenvalue weighted by Crippen LogP contribution is -2.58. The van der Waals surface area contributed by atoms with Gasteiger partial charge in [0.2, 0.25) is 5.78 Å². The number of nitrogens with zero attached hydrogens (tertiary/aromatic N) is 1. The van der Waals surface area contributed by atoms with E-state index in [2.05, 4.69) is 20.4 Å². The lowest BCUT2D eigenvalue weighted by Gasteiger charge is -2.43. The highest BCUT2D eigenvalue weighted by Gasteiger charge is 2.48. The number of methoxy groups -OCH3 is 3. The molecule has 2 bridgehead atoms. The van der Waals surface area contributed by atoms with Crippen molar-refractivity contribution < 1.29 is 53.1 Å². The summed E-state index contributed by atoms with van der Waals surface area (Å²) in [7, 11) is 4.79. The van der Waals surface area contributed by atoms with Crippen LogP contribution in [0.25, 0.3) is 0 Å². The first-order valence-corrected chi connectivity index (χ1v) is 20.8. The number of ether oxygens (including phenoxy) is 5. The van der Waals surface area contributed by atoms with Crippen LogP contribution in [-0.2, 0) is 42.9 Å². The Hall–Kier alpha value is -2.74. The zero-order valence-electron chi connectivity index (χ0n) is 35.0. The Morgan fingerprint density at radius 2 is 1.57 bits per heavy atom. The fraction of sp³-hybridized carbons (Fsp3) is 0.773. The zero-order valence-corrected chi connectivity index (χ0v) is 35.0. The topological polar surface area (TPSA) is 158 Å². The van der Waals surface area contributed by atoms with Crippen LogP contribution in [0.1, 0.15) is 105 Å². The van der Waals surface area contributed by atoms with Crippen molar-refractivity contribution in [2.45, 2.75) is 160 Å². The van der Waals surface area contributed by atoms with Gasteiger partial charge in [-0.2, -0.15) is 0 Å². The summed E-state index contributed by atoms with van der Waals surface area (Å²) < 4.78 is 30.2. The van der Waals surface area contributed by atoms with Crippen LogP contribution in [0.2, 0.25) is 0 Å². The van der Waals surface area contributed by atoms with Crippen molar-refractivity contribution in [3.8, 4) is 0 Å². The number of Topliss-reactive ketones (excluding diaryl/α,β-unsaturated/α-hetero) is 2. The number of piperidine rings is 1. The molecular formula is C44H69NO11. The fourth-order valence-electron chi connectivity index (χ4n) is 9.45. The third kappa shape index (κ3) is 11.5. The van der Waals surface area contributed by atoms with Gasteiger partial charge in [-0.05, 0) is 106 Å². The predicted molar refractivity (Wildman–Crippen MR) is 211 cm³/mol. The van der Waals surface area contributed by atoms with Crippen molar-refractivity contribution >= 4 is 23.4 Å². The summed E-state index contributed by atoms with van der Waals surface area (Å²) >= 11 is 0. The molecule has 12 nitrogen and oxygen atoms in total. The van der Waals surface area contributed by atoms with Gasteiger partial charge in [-0.3, -0.25) is 14.4 Å². The van der Waals surface area contributed by atoms with Crippen molar-refractivity contribution in [3.05, 3.63) is 36.0 Å². The smallest absolute Gasteiger partial charge is 0.329 e. The molecule has 12 heteroatoms. The number of amides is 1. The number of carbonyl (C=O) groups is 4. The zero-order chi connectivity index (χ0) is 41.3. The SMILES string of the molecule is C=CC/C1=C\C(C)C[C@H](C)C[C@H](OC)[C@H]2O[C@@H](C(=O)C(=O)N3CCCC[C@H]3C(=O)O[C@H](C(C)=C[C@@H]3CC[C@@H](O)[C@H](OC)C3)[C@H](C)[C@@H](O)CC1=O)[C@H](C)C[C@@H]2OC. The minimum atomic E-state index is -1.17. The third-order valence-corrected chi connectivity index (χ3v) is 12.7. The first-order valence-electron chi connectivity index (χ1n) is 20.8. The Morgan fingerprint density at radius 3 is 2.23 bits per heavy atom. The predicted octanol–water partition coefficient (Wildman–Crippen LogP) is 5.32. The summed E-state index contributed by atoms with van der Waals surface area (Å²) in [5.41, 5.74) is 1.26. The molecule has 3 aliphatic heterocycles. The number of rotatable bonds is 7. The number of fused-ring (bicyclic) bond motifs is 3. The van der Waals surface area contributed by atoms with Gasteiger partial charge >= 0.3 is 5.97 Å². The number of cyclic esters (lactones) is 1. The van der Waals surface area contributed by atoms with E-state index >= 15 is 0 Å². The monoisotopic (exact) mass is 787 g/mol. The summed E-state index contributed by atoms with van der Waals surface area (Å²) in [5, 5.41) is 22.1. The van der Waals surface area contributed by atoms with Gasteiger partial charge in [-0.15, -0.1) is 6.58 Å². The lowest BCUT2D eigenvalue weighted by atomic mass is 9.82. The highest BCUT2D eigenvalue weighted by molar-refractivity contribution is 6.38. The van der Waals surface area contributed by atoms with Crippen LogP contribution in [0, 0.1) is 29.6 Å². The molecule has 4 rings (SSSR count). The molecule has 3 heterocycles. The second kappa shape index (κ2) is 21.3. The van der Waals surface area contributed by atoms with E-state index in [1.807, 2.05) is 26.0 Å². The molecule has 1 aliphatic carbocycles. The number of hydrogen-bond acceptors (Lipinski definition) is 11. The Morgan fingerprint density at radius 1 is 0.893 bits per heavy atom. The standard InChI is InChI=1S/C44H69NO11/c1-10-13-31-19-25(2)18-26(3)20-37(53-8)42-38(54-9)22-28(5)41(55-42)39(49)43(50)45-17-12-11-14-32(45)44(51)56-40(29(6)34(47)24-35(31)48)27(4)21-30-15-16-33(46)36(23-30)52-7/h10,19,21,25-26,28-30,32-34,36-38,40-42,46-47H,1,11-18,20,22-24H2,2-9H3/b27-21?,31-19+/t25?,26-,28+,29+,30-,32-,33+,34-,36+,37-,38-,40+,41+,42+/m0/s1. The van der Waals surface area contributed by atoms with Crippen molar-refractivity contribution in [1.82, 2.24) is 4.90 Å². The van der Waals surface area contributed by atoms with Crippen molar-refractivity contribution in [1.29, 1.82) is 0 Å². The highest BCUT2D eigenvalue weighted by atomic mass is 16.6. The molecule has 0 aromatic rings. The summed E-state index contributed by atoms with van der Waals surface area (Å²) in [6, 6.07) is -1.02. The van der Waals surface area contributed by atoms with Gasteiger partial charge in [-0.1, -0.05) is 45.9 Å². The van der Waals surface area contributed by atoms with Crippen LogP contribution < -0.4 is 0 Å². The molecule has 56 heavy (non-hydrogen) atoms. The lowest BCUT2D eigenvalue weighted by molar-refractivity contribution is -0.199. The van der Waals surface area contributed by atoms with E-state index in [0.29, 0.717) is 68.9 Å². The summed E-state index contributed by atoms with van der Waals surface area (Å²) in [4.78, 5) is 57.8. The Labute approximate surface area is 334 Å². The van der Waals surface area contributed by atoms with E-state index in [4.69, 9.17) is 23.7 Å². The summed E-state index contributed by atoms with van der Waals surface area (Å²) in [6.07, 6.45) is 5.56. The van der Waals surface area contributed by atoms with Gasteiger partial charge in [0.05, 0.1) is 30.5 Å². The largest absolute Gasteiger partial charge is 0.456 e. The molecule has 3 fully saturated rings. The van der Waals surface area contributed by atoms with E-state index in [9.17, 15) is 29.4 Å². The second-order valence-corrected chi connectivity index (χ2v) is 17.1. The van der Waals surface area contributed by atoms with E-state index < -0.39 is 66.2 Å². The number of hydrogen-bond donors (Lipinski definition) is 2. The van der Waals surface area contributed by atoms with Crippen LogP contribution in [0.4, 0.5) is 0 Å². The number of aliphatic hydroxyl groups is 2. The van der Waals surface area contributed by atoms with E-state index in [0.717, 1.165) is 6.42 Å². The Balaban J connectivity index is 1.75. The molecule has 0 spiro atoms. The maximum Gasteiger partial charge on any atom is 0.329 e. The van der Waals surface area contributed by atoms with Crippen LogP contribution in [0.5, 0.6) is 0 Å². The molecule has 0 radical (unpaired) electrons. The molecule has 1 saturated carbocycles. The highest BCUT2D eigenvalue weighted by Crippen LogP contribution is 2.35. The van der Waals surface area contributed by atoms with Crippen molar-refractivity contribution in [2.75, 3.05) is 27.9 Å². The van der Waals surface area contributed by atoms with E-state index in [1.54, 1.807) is 34.3 Å². The van der Waals surface area contributed by atoms with Gasteiger partial charge in [0.15, 0.2) is 5.78 Å². The normalized spacial score (nSPS) is 40.1. The number of allylic oxidation sites excluding steroid dienone is 4. The molecular weight excluding hydrogens is 718 g/mol. The van der Waals surface area contributed by atoms with Crippen LogP contribution in [0.3, 0.4) is 0 Å². The molecule has 2 saturated heterocycles. The molecule has 1 amide bonds. The molecule has 14 atom stereocenters. The molecule has 4 aliphatic rings. The quantitative estimate of drug-likeness (QED) is 0.196. The van der Waals surface area contributed by atoms with Crippen LogP contribution in [-0.4, -0.2) is 121 Å². The number of esters is 1. The van der Waals surface area contributed by atoms with Gasteiger partial charge < -0.3 is 38.8 Å². The van der Waals surface area contributed by atoms with E-state index in [1.165, 1.54) is 4.90 Å². The molecule has 2 N–H and O–H groups in total. The third-order valence-electron chi connectivity index (χ3n) is 12.7. The Bertz CT molecular complexity index is 1430. The van der Waals surface area contributed by atoms with Gasteiger partial charge in [-0.25, -0.2) is 4.79 Å². The number of aliphatic hydroxyl groups excluding tert-OH is 2. The maximum absolute atomic E-state index is 14.3. The number of carbonyl (C=O) groups excluding carboxylic acids is 4. The minimum Gasteiger partial charge on any atom is -0.456 e. The van der Waals surface area contributed by atoms with Crippen molar-refractivity contribution in [3.63, 3.8) is 0 Å².